The fourth-order valence-electron chi connectivity index (χ4n) is 4.62. The van der Waals surface area contributed by atoms with E-state index in [2.05, 4.69) is 34.5 Å². The normalized spacial score (nSPS) is 12.1. The van der Waals surface area contributed by atoms with Crippen molar-refractivity contribution in [3.63, 3.8) is 0 Å². The zero-order valence-corrected chi connectivity index (χ0v) is 20.7. The molecule has 1 unspecified atom stereocenters. The molecular formula is C28H29N7O. The van der Waals surface area contributed by atoms with Crippen molar-refractivity contribution in [2.45, 2.75) is 46.1 Å². The number of hydrogen-bond donors (Lipinski definition) is 1. The maximum atomic E-state index is 13.7. The molecule has 0 radical (unpaired) electrons. The van der Waals surface area contributed by atoms with Crippen LogP contribution in [-0.4, -0.2) is 34.7 Å². The van der Waals surface area contributed by atoms with Crippen molar-refractivity contribution in [1.82, 2.24) is 34.7 Å². The quantitative estimate of drug-likeness (QED) is 0.332. The summed E-state index contributed by atoms with van der Waals surface area (Å²) in [5.41, 5.74) is 6.58. The Balaban J connectivity index is 1.52. The number of hydrogen-bond acceptors (Lipinski definition) is 5. The number of pyridine rings is 1. The average Bonchev–Trinajstić information content (AvgIpc) is 3.56. The van der Waals surface area contributed by atoms with Crippen LogP contribution in [0.25, 0.3) is 28.3 Å². The average molecular weight is 480 g/mol. The Bertz CT molecular complexity index is 1510. The topological polar surface area (TPSA) is 94.3 Å². The van der Waals surface area contributed by atoms with Crippen LogP contribution >= 0.6 is 0 Å². The summed E-state index contributed by atoms with van der Waals surface area (Å²) in [4.78, 5) is 18.4. The first-order valence-electron chi connectivity index (χ1n) is 12.3. The molecule has 1 N–H and O–H groups in total. The zero-order valence-electron chi connectivity index (χ0n) is 20.7. The van der Waals surface area contributed by atoms with Crippen molar-refractivity contribution in [2.75, 3.05) is 0 Å². The number of aromatic amines is 1. The molecule has 3 aromatic heterocycles. The number of rotatable bonds is 8. The van der Waals surface area contributed by atoms with Crippen LogP contribution in [0.3, 0.4) is 0 Å². The number of nitrogens with one attached hydrogen (secondary N) is 1. The lowest BCUT2D eigenvalue weighted by molar-refractivity contribution is 0.573. The van der Waals surface area contributed by atoms with E-state index in [1.165, 1.54) is 0 Å². The molecule has 0 aliphatic rings. The fraction of sp³-hybridized carbons (Fsp3) is 0.250. The van der Waals surface area contributed by atoms with Crippen molar-refractivity contribution < 1.29 is 0 Å². The third-order valence-corrected chi connectivity index (χ3v) is 6.62. The summed E-state index contributed by atoms with van der Waals surface area (Å²) in [6, 6.07) is 19.7. The zero-order chi connectivity index (χ0) is 25.1. The highest BCUT2D eigenvalue weighted by Gasteiger charge is 2.20. The Morgan fingerprint density at radius 3 is 2.47 bits per heavy atom. The van der Waals surface area contributed by atoms with E-state index >= 15 is 0 Å². The molecule has 36 heavy (non-hydrogen) atoms. The number of unbranched alkanes of at least 4 members (excludes halogenated alkanes) is 1. The van der Waals surface area contributed by atoms with Crippen LogP contribution in [0.2, 0.25) is 0 Å². The third kappa shape index (κ3) is 4.37. The molecule has 0 bridgehead atoms. The van der Waals surface area contributed by atoms with Crippen LogP contribution < -0.4 is 5.69 Å². The van der Waals surface area contributed by atoms with Gasteiger partial charge in [-0.25, -0.2) is 9.89 Å². The molecule has 0 saturated carbocycles. The summed E-state index contributed by atoms with van der Waals surface area (Å²) in [6.07, 6.45) is 6.79. The Kier molecular flexibility index (Phi) is 6.58. The monoisotopic (exact) mass is 479 g/mol. The summed E-state index contributed by atoms with van der Waals surface area (Å²) in [5, 5.41) is 14.3. The minimum atomic E-state index is -0.162. The van der Waals surface area contributed by atoms with E-state index in [-0.39, 0.29) is 11.7 Å². The summed E-state index contributed by atoms with van der Waals surface area (Å²) in [6.45, 7) is 6.26. The highest BCUT2D eigenvalue weighted by Crippen LogP contribution is 2.29. The second kappa shape index (κ2) is 10.1. The van der Waals surface area contributed by atoms with Gasteiger partial charge in [0.25, 0.3) is 0 Å². The maximum absolute atomic E-state index is 13.7. The van der Waals surface area contributed by atoms with Crippen molar-refractivity contribution in [2.24, 2.45) is 0 Å². The molecule has 2 aromatic carbocycles. The van der Waals surface area contributed by atoms with Gasteiger partial charge in [0, 0.05) is 29.2 Å². The van der Waals surface area contributed by atoms with Crippen molar-refractivity contribution >= 4 is 0 Å². The van der Waals surface area contributed by atoms with Crippen molar-refractivity contribution in [3.05, 3.63) is 100 Å². The molecular weight excluding hydrogens is 450 g/mol. The van der Waals surface area contributed by atoms with Gasteiger partial charge in [-0.15, -0.1) is 5.10 Å². The minimum Gasteiger partial charge on any atom is -0.289 e. The van der Waals surface area contributed by atoms with Crippen LogP contribution in [-0.2, 0) is 6.42 Å². The number of para-hydroxylation sites is 1. The first-order chi connectivity index (χ1) is 17.6. The Morgan fingerprint density at radius 2 is 1.78 bits per heavy atom. The molecule has 0 amide bonds. The fourth-order valence-corrected chi connectivity index (χ4v) is 4.62. The van der Waals surface area contributed by atoms with Gasteiger partial charge in [-0.2, -0.15) is 0 Å². The van der Waals surface area contributed by atoms with Gasteiger partial charge < -0.3 is 0 Å². The van der Waals surface area contributed by atoms with Crippen molar-refractivity contribution in [3.8, 4) is 28.3 Å². The van der Waals surface area contributed by atoms with E-state index in [1.807, 2.05) is 84.5 Å². The Labute approximate surface area is 209 Å². The standard InChI is InChI=1S/C28H29N7O/c1-4-5-11-22-18-34(26-14-9-6-10-19(26)2)28(36)35(22)20(3)21-15-16-25(29-17-21)23-12-7-8-13-24(23)27-30-32-33-31-27/h6-10,12-18,20H,4-5,11H2,1-3H3,(H,30,31,32,33). The predicted octanol–water partition coefficient (Wildman–Crippen LogP) is 5.14. The smallest absolute Gasteiger partial charge is 0.289 e. The Morgan fingerprint density at radius 1 is 1.00 bits per heavy atom. The maximum Gasteiger partial charge on any atom is 0.333 e. The highest BCUT2D eigenvalue weighted by atomic mass is 16.1. The van der Waals surface area contributed by atoms with Gasteiger partial charge >= 0.3 is 5.69 Å². The third-order valence-electron chi connectivity index (χ3n) is 6.62. The van der Waals surface area contributed by atoms with E-state index in [9.17, 15) is 4.79 Å². The molecule has 0 aliphatic heterocycles. The van der Waals surface area contributed by atoms with Gasteiger partial charge in [0.15, 0.2) is 5.82 Å². The van der Waals surface area contributed by atoms with Crippen LogP contribution in [0.4, 0.5) is 0 Å². The first-order valence-corrected chi connectivity index (χ1v) is 12.3. The summed E-state index contributed by atoms with van der Waals surface area (Å²) < 4.78 is 3.69. The van der Waals surface area contributed by atoms with Crippen LogP contribution in [0, 0.1) is 6.92 Å². The molecule has 5 rings (SSSR count). The number of aryl methyl sites for hydroxylation is 2. The summed E-state index contributed by atoms with van der Waals surface area (Å²) in [5.74, 6) is 0.592. The second-order valence-electron chi connectivity index (χ2n) is 8.98. The summed E-state index contributed by atoms with van der Waals surface area (Å²) >= 11 is 0. The summed E-state index contributed by atoms with van der Waals surface area (Å²) in [7, 11) is 0. The molecule has 3 heterocycles. The van der Waals surface area contributed by atoms with Gasteiger partial charge in [-0.1, -0.05) is 61.9 Å². The lowest BCUT2D eigenvalue weighted by atomic mass is 10.0. The number of imidazole rings is 1. The van der Waals surface area contributed by atoms with E-state index < -0.39 is 0 Å². The van der Waals surface area contributed by atoms with Crippen LogP contribution in [0.5, 0.6) is 0 Å². The molecule has 0 saturated heterocycles. The number of tetrazole rings is 1. The molecule has 8 nitrogen and oxygen atoms in total. The highest BCUT2D eigenvalue weighted by molar-refractivity contribution is 5.78. The van der Waals surface area contributed by atoms with E-state index in [0.717, 1.165) is 58.6 Å². The van der Waals surface area contributed by atoms with Crippen LogP contribution in [0.15, 0.2) is 77.9 Å². The molecule has 0 fully saturated rings. The van der Waals surface area contributed by atoms with E-state index in [0.29, 0.717) is 5.82 Å². The Hall–Kier alpha value is -4.33. The number of benzene rings is 2. The van der Waals surface area contributed by atoms with Gasteiger partial charge in [0.1, 0.15) is 0 Å². The lowest BCUT2D eigenvalue weighted by Gasteiger charge is -2.17. The van der Waals surface area contributed by atoms with Gasteiger partial charge in [0.05, 0.1) is 17.4 Å². The van der Waals surface area contributed by atoms with Gasteiger partial charge in [-0.3, -0.25) is 14.1 Å². The molecule has 5 aromatic rings. The minimum absolute atomic E-state index is 0.0323. The van der Waals surface area contributed by atoms with Crippen LogP contribution in [0.1, 0.15) is 49.6 Å². The van der Waals surface area contributed by atoms with Gasteiger partial charge in [-0.05, 0) is 60.4 Å². The number of nitrogens with zero attached hydrogens (tertiary/aromatic N) is 6. The second-order valence-corrected chi connectivity index (χ2v) is 8.98. The number of H-pyrrole nitrogens is 1. The van der Waals surface area contributed by atoms with Crippen molar-refractivity contribution in [1.29, 1.82) is 0 Å². The largest absolute Gasteiger partial charge is 0.333 e. The molecule has 0 aliphatic carbocycles. The molecule has 1 atom stereocenters. The lowest BCUT2D eigenvalue weighted by Crippen LogP contribution is -2.27. The molecule has 0 spiro atoms. The predicted molar refractivity (Wildman–Crippen MR) is 140 cm³/mol. The number of aromatic nitrogens is 7. The first kappa shape index (κ1) is 23.4. The van der Waals surface area contributed by atoms with E-state index in [1.54, 1.807) is 4.57 Å². The molecule has 182 valence electrons. The van der Waals surface area contributed by atoms with Gasteiger partial charge in [0.2, 0.25) is 0 Å². The molecule has 8 heteroatoms. The van der Waals surface area contributed by atoms with E-state index in [4.69, 9.17) is 4.98 Å². The SMILES string of the molecule is CCCCc1cn(-c2ccccc2C)c(=O)n1C(C)c1ccc(-c2ccccc2-c2nnn[nH]2)nc1.